The Morgan fingerprint density at radius 1 is 1.10 bits per heavy atom. The first-order chi connectivity index (χ1) is 19.4. The maximum atomic E-state index is 13.7. The predicted molar refractivity (Wildman–Crippen MR) is 162 cm³/mol. The summed E-state index contributed by atoms with van der Waals surface area (Å²) >= 11 is 7.62. The van der Waals surface area contributed by atoms with Crippen molar-refractivity contribution in [3.8, 4) is 5.75 Å². The second kappa shape index (κ2) is 12.6. The Morgan fingerprint density at radius 3 is 2.60 bits per heavy atom. The first kappa shape index (κ1) is 27.8. The normalized spacial score (nSPS) is 14.4. The molecule has 1 aliphatic rings. The predicted octanol–water partition coefficient (Wildman–Crippen LogP) is 7.64. The quantitative estimate of drug-likeness (QED) is 0.150. The van der Waals surface area contributed by atoms with Gasteiger partial charge in [0.05, 0.1) is 5.57 Å². The monoisotopic (exact) mass is 573 g/mol. The standard InChI is InChI=1S/C31H32ClN5O2S/c1-4-5-17-40-31-35-30-33-21(3)27(29(38)34-25-8-6-7-20(2)18-25)28(37(30)36-31)23-11-15-26(16-12-23)39-19-22-9-13-24(32)14-10-22/h6-16,18,28H,4-5,17,19H2,1-3H3,(H,34,38)(H,33,35,36). The summed E-state index contributed by atoms with van der Waals surface area (Å²) in [5.41, 5.74) is 5.08. The van der Waals surface area contributed by atoms with Gasteiger partial charge in [-0.15, -0.1) is 5.10 Å². The number of thioether (sulfide) groups is 1. The fraction of sp³-hybridized carbons (Fsp3) is 0.258. The Kier molecular flexibility index (Phi) is 8.77. The van der Waals surface area contributed by atoms with Gasteiger partial charge in [0.25, 0.3) is 5.91 Å². The van der Waals surface area contributed by atoms with Gasteiger partial charge >= 0.3 is 0 Å². The van der Waals surface area contributed by atoms with Crippen molar-refractivity contribution in [1.29, 1.82) is 0 Å². The van der Waals surface area contributed by atoms with Gasteiger partial charge in [-0.3, -0.25) is 4.79 Å². The molecule has 0 aliphatic carbocycles. The van der Waals surface area contributed by atoms with Crippen LogP contribution in [0, 0.1) is 6.92 Å². The van der Waals surface area contributed by atoms with E-state index in [1.165, 1.54) is 0 Å². The first-order valence-electron chi connectivity index (χ1n) is 13.3. The number of aryl methyl sites for hydroxylation is 1. The molecule has 5 rings (SSSR count). The Morgan fingerprint density at radius 2 is 1.88 bits per heavy atom. The van der Waals surface area contributed by atoms with Crippen LogP contribution in [0.1, 0.15) is 49.4 Å². The Labute approximate surface area is 244 Å². The largest absolute Gasteiger partial charge is 0.489 e. The van der Waals surface area contributed by atoms with Gasteiger partial charge in [-0.1, -0.05) is 73.1 Å². The minimum Gasteiger partial charge on any atom is -0.489 e. The number of aromatic nitrogens is 3. The van der Waals surface area contributed by atoms with Gasteiger partial charge in [-0.25, -0.2) is 4.68 Å². The number of ether oxygens (including phenoxy) is 1. The zero-order chi connectivity index (χ0) is 28.1. The van der Waals surface area contributed by atoms with Crippen LogP contribution in [0.15, 0.2) is 89.2 Å². The molecule has 2 N–H and O–H groups in total. The number of allylic oxidation sites excluding steroid dienone is 1. The number of fused-ring (bicyclic) bond motifs is 1. The molecule has 2 heterocycles. The van der Waals surface area contributed by atoms with Gasteiger partial charge in [0.1, 0.15) is 18.4 Å². The maximum Gasteiger partial charge on any atom is 0.255 e. The molecule has 40 heavy (non-hydrogen) atoms. The number of nitrogens with zero attached hydrogens (tertiary/aromatic N) is 3. The molecule has 0 bridgehead atoms. The zero-order valence-electron chi connectivity index (χ0n) is 22.8. The molecule has 7 nitrogen and oxygen atoms in total. The minimum atomic E-state index is -0.459. The lowest BCUT2D eigenvalue weighted by Crippen LogP contribution is -2.31. The molecule has 4 aromatic rings. The maximum absolute atomic E-state index is 13.7. The highest BCUT2D eigenvalue weighted by Crippen LogP contribution is 2.37. The number of anilines is 2. The van der Waals surface area contributed by atoms with Crippen molar-refractivity contribution in [3.63, 3.8) is 0 Å². The number of rotatable bonds is 10. The van der Waals surface area contributed by atoms with Crippen LogP contribution in [0.2, 0.25) is 5.02 Å². The van der Waals surface area contributed by atoms with Gasteiger partial charge in [0.15, 0.2) is 0 Å². The topological polar surface area (TPSA) is 81.1 Å². The van der Waals surface area contributed by atoms with Gasteiger partial charge < -0.3 is 15.4 Å². The zero-order valence-corrected chi connectivity index (χ0v) is 24.4. The molecule has 0 radical (unpaired) electrons. The third-order valence-corrected chi connectivity index (χ3v) is 7.77. The molecule has 0 fully saturated rings. The molecule has 1 aliphatic heterocycles. The number of carbonyl (C=O) groups is 1. The molecule has 0 saturated carbocycles. The summed E-state index contributed by atoms with van der Waals surface area (Å²) < 4.78 is 7.82. The molecule has 9 heteroatoms. The summed E-state index contributed by atoms with van der Waals surface area (Å²) in [5.74, 6) is 2.10. The number of benzene rings is 3. The van der Waals surface area contributed by atoms with Crippen molar-refractivity contribution in [2.45, 2.75) is 51.4 Å². The number of hydrogen-bond acceptors (Lipinski definition) is 6. The van der Waals surface area contributed by atoms with E-state index in [4.69, 9.17) is 26.4 Å². The molecule has 1 amide bonds. The van der Waals surface area contributed by atoms with Crippen LogP contribution >= 0.6 is 23.4 Å². The van der Waals surface area contributed by atoms with Crippen LogP contribution in [0.25, 0.3) is 0 Å². The fourth-order valence-corrected chi connectivity index (χ4v) is 5.56. The number of nitrogens with one attached hydrogen (secondary N) is 2. The number of amides is 1. The van der Waals surface area contributed by atoms with Crippen molar-refractivity contribution in [1.82, 2.24) is 14.8 Å². The highest BCUT2D eigenvalue weighted by Gasteiger charge is 2.34. The van der Waals surface area contributed by atoms with Crippen LogP contribution in [0.3, 0.4) is 0 Å². The lowest BCUT2D eigenvalue weighted by atomic mass is 9.95. The van der Waals surface area contributed by atoms with Gasteiger partial charge in [0, 0.05) is 22.2 Å². The molecule has 1 aromatic heterocycles. The summed E-state index contributed by atoms with van der Waals surface area (Å²) in [7, 11) is 0. The van der Waals surface area contributed by atoms with Gasteiger partial charge in [0.2, 0.25) is 11.1 Å². The van der Waals surface area contributed by atoms with E-state index in [0.29, 0.717) is 28.3 Å². The van der Waals surface area contributed by atoms with E-state index < -0.39 is 6.04 Å². The summed E-state index contributed by atoms with van der Waals surface area (Å²) in [6.45, 7) is 6.50. The number of unbranched alkanes of at least 4 members (excludes halogenated alkanes) is 1. The number of hydrogen-bond donors (Lipinski definition) is 2. The average Bonchev–Trinajstić information content (AvgIpc) is 3.34. The summed E-state index contributed by atoms with van der Waals surface area (Å²) in [4.78, 5) is 18.5. The Balaban J connectivity index is 1.43. The molecule has 3 aromatic carbocycles. The van der Waals surface area contributed by atoms with Crippen molar-refractivity contribution < 1.29 is 9.53 Å². The molecule has 0 saturated heterocycles. The van der Waals surface area contributed by atoms with Crippen molar-refractivity contribution in [2.75, 3.05) is 16.4 Å². The van der Waals surface area contributed by atoms with Crippen LogP contribution in [0.4, 0.5) is 11.6 Å². The lowest BCUT2D eigenvalue weighted by Gasteiger charge is -2.28. The highest BCUT2D eigenvalue weighted by atomic mass is 35.5. The summed E-state index contributed by atoms with van der Waals surface area (Å²) in [6.07, 6.45) is 2.20. The average molecular weight is 574 g/mol. The molecular weight excluding hydrogens is 542 g/mol. The van der Waals surface area contributed by atoms with E-state index in [2.05, 4.69) is 17.6 Å². The molecule has 1 atom stereocenters. The number of carbonyl (C=O) groups excluding carboxylic acids is 1. The van der Waals surface area contributed by atoms with Crippen molar-refractivity contribution >= 4 is 40.9 Å². The minimum absolute atomic E-state index is 0.190. The summed E-state index contributed by atoms with van der Waals surface area (Å²) in [5, 5.41) is 12.6. The highest BCUT2D eigenvalue weighted by molar-refractivity contribution is 7.99. The van der Waals surface area contributed by atoms with Crippen molar-refractivity contribution in [3.05, 3.63) is 106 Å². The second-order valence-electron chi connectivity index (χ2n) is 9.74. The third kappa shape index (κ3) is 6.51. The van der Waals surface area contributed by atoms with Crippen LogP contribution in [-0.2, 0) is 11.4 Å². The molecule has 206 valence electrons. The van der Waals surface area contributed by atoms with E-state index in [1.807, 2.05) is 91.3 Å². The van der Waals surface area contributed by atoms with E-state index in [9.17, 15) is 4.79 Å². The Bertz CT molecular complexity index is 1520. The first-order valence-corrected chi connectivity index (χ1v) is 14.7. The van der Waals surface area contributed by atoms with E-state index in [1.54, 1.807) is 11.8 Å². The third-order valence-electron chi connectivity index (χ3n) is 6.60. The molecular formula is C31H32ClN5O2S. The lowest BCUT2D eigenvalue weighted by molar-refractivity contribution is -0.113. The number of halogens is 1. The second-order valence-corrected chi connectivity index (χ2v) is 11.2. The molecule has 1 unspecified atom stereocenters. The smallest absolute Gasteiger partial charge is 0.255 e. The SMILES string of the molecule is CCCCSc1nc2n(n1)C(c1ccc(OCc3ccc(Cl)cc3)cc1)C(C(=O)Nc1cccc(C)c1)=C(C)N2. The van der Waals surface area contributed by atoms with Crippen LogP contribution < -0.4 is 15.4 Å². The van der Waals surface area contributed by atoms with Gasteiger partial charge in [-0.2, -0.15) is 4.98 Å². The van der Waals surface area contributed by atoms with Crippen LogP contribution in [0.5, 0.6) is 5.75 Å². The van der Waals surface area contributed by atoms with E-state index >= 15 is 0 Å². The fourth-order valence-electron chi connectivity index (χ4n) is 4.52. The van der Waals surface area contributed by atoms with Crippen LogP contribution in [-0.4, -0.2) is 26.4 Å². The van der Waals surface area contributed by atoms with E-state index in [-0.39, 0.29) is 5.91 Å². The Hall–Kier alpha value is -3.75. The molecule has 0 spiro atoms. The summed E-state index contributed by atoms with van der Waals surface area (Å²) in [6, 6.07) is 22.7. The van der Waals surface area contributed by atoms with Gasteiger partial charge in [-0.05, 0) is 73.4 Å². The van der Waals surface area contributed by atoms with E-state index in [0.717, 1.165) is 52.4 Å². The van der Waals surface area contributed by atoms with Crippen molar-refractivity contribution in [2.24, 2.45) is 0 Å².